The van der Waals surface area contributed by atoms with Gasteiger partial charge in [0.2, 0.25) is 11.8 Å². The molecule has 2 aromatic carbocycles. The van der Waals surface area contributed by atoms with Crippen molar-refractivity contribution >= 4 is 29.1 Å². The number of amides is 2. The number of nitrogens with zero attached hydrogens (tertiary/aromatic N) is 2. The molecule has 0 radical (unpaired) electrons. The largest absolute Gasteiger partial charge is 0.341 e. The number of nitrogens with one attached hydrogen (secondary N) is 1. The van der Waals surface area contributed by atoms with Crippen LogP contribution in [0, 0.1) is 5.92 Å². The number of benzene rings is 2. The normalized spacial score (nSPS) is 19.9. The molecule has 0 spiro atoms. The molecule has 0 bridgehead atoms. The summed E-state index contributed by atoms with van der Waals surface area (Å²) in [5, 5.41) is 3.48. The number of halogens is 1. The Morgan fingerprint density at radius 2 is 1.83 bits per heavy atom. The van der Waals surface area contributed by atoms with Crippen LogP contribution in [-0.4, -0.2) is 47.8 Å². The summed E-state index contributed by atoms with van der Waals surface area (Å²) >= 11 is 6.03. The van der Waals surface area contributed by atoms with Crippen molar-refractivity contribution in [2.24, 2.45) is 5.92 Å². The number of hydrogen-bond donors (Lipinski definition) is 1. The molecular formula is C24H28ClN3O2. The van der Waals surface area contributed by atoms with Gasteiger partial charge in [0.1, 0.15) is 6.04 Å². The minimum absolute atomic E-state index is 0.115. The summed E-state index contributed by atoms with van der Waals surface area (Å²) in [6, 6.07) is 14.8. The van der Waals surface area contributed by atoms with E-state index in [2.05, 4.69) is 18.3 Å². The second-order valence-electron chi connectivity index (χ2n) is 8.39. The number of carbonyl (C=O) groups excluding carboxylic acids is 2. The molecule has 5 nitrogen and oxygen atoms in total. The molecular weight excluding hydrogens is 398 g/mol. The monoisotopic (exact) mass is 425 g/mol. The van der Waals surface area contributed by atoms with Crippen LogP contribution in [0.15, 0.2) is 48.5 Å². The smallest absolute Gasteiger partial charge is 0.244 e. The standard InChI is InChI=1S/C24H28ClN3O2/c1-17-9-12-27(13-10-17)24(30)23-21-8-3-2-5-18(21)11-14-28(23)16-22(29)26-20-7-4-6-19(25)15-20/h2-8,15,17,23H,9-14,16H2,1H3,(H,26,29). The first-order chi connectivity index (χ1) is 14.5. The fourth-order valence-electron chi connectivity index (χ4n) is 4.43. The van der Waals surface area contributed by atoms with Gasteiger partial charge in [-0.3, -0.25) is 14.5 Å². The molecule has 30 heavy (non-hydrogen) atoms. The van der Waals surface area contributed by atoms with Gasteiger partial charge >= 0.3 is 0 Å². The molecule has 6 heteroatoms. The van der Waals surface area contributed by atoms with Crippen LogP contribution in [0.3, 0.4) is 0 Å². The number of hydrogen-bond acceptors (Lipinski definition) is 3. The van der Waals surface area contributed by atoms with Crippen molar-refractivity contribution < 1.29 is 9.59 Å². The van der Waals surface area contributed by atoms with E-state index in [9.17, 15) is 9.59 Å². The molecule has 2 aromatic rings. The fraction of sp³-hybridized carbons (Fsp3) is 0.417. The molecule has 2 aliphatic heterocycles. The van der Waals surface area contributed by atoms with Crippen LogP contribution < -0.4 is 5.32 Å². The third-order valence-electron chi connectivity index (χ3n) is 6.17. The van der Waals surface area contributed by atoms with Crippen molar-refractivity contribution in [3.05, 3.63) is 64.7 Å². The lowest BCUT2D eigenvalue weighted by Gasteiger charge is -2.40. The fourth-order valence-corrected chi connectivity index (χ4v) is 4.62. The maximum absolute atomic E-state index is 13.6. The number of rotatable bonds is 4. The van der Waals surface area contributed by atoms with Crippen molar-refractivity contribution in [2.75, 3.05) is 31.5 Å². The van der Waals surface area contributed by atoms with Crippen LogP contribution >= 0.6 is 11.6 Å². The van der Waals surface area contributed by atoms with Gasteiger partial charge in [0.15, 0.2) is 0 Å². The van der Waals surface area contributed by atoms with Gasteiger partial charge in [-0.05, 0) is 54.5 Å². The van der Waals surface area contributed by atoms with E-state index in [1.807, 2.05) is 34.1 Å². The van der Waals surface area contributed by atoms with Crippen LogP contribution in [0.2, 0.25) is 5.02 Å². The third-order valence-corrected chi connectivity index (χ3v) is 6.40. The molecule has 1 N–H and O–H groups in total. The summed E-state index contributed by atoms with van der Waals surface area (Å²) in [5.41, 5.74) is 2.90. The molecule has 2 aliphatic rings. The Balaban J connectivity index is 1.53. The molecule has 1 saturated heterocycles. The third kappa shape index (κ3) is 4.68. The number of piperidine rings is 1. The van der Waals surface area contributed by atoms with E-state index in [1.54, 1.807) is 18.2 Å². The summed E-state index contributed by atoms with van der Waals surface area (Å²) in [6.45, 7) is 4.68. The van der Waals surface area contributed by atoms with E-state index < -0.39 is 6.04 Å². The first-order valence-corrected chi connectivity index (χ1v) is 11.0. The predicted molar refractivity (Wildman–Crippen MR) is 120 cm³/mol. The molecule has 1 unspecified atom stereocenters. The molecule has 0 aliphatic carbocycles. The summed E-state index contributed by atoms with van der Waals surface area (Å²) < 4.78 is 0. The quantitative estimate of drug-likeness (QED) is 0.801. The second-order valence-corrected chi connectivity index (χ2v) is 8.82. The van der Waals surface area contributed by atoms with Gasteiger partial charge in [0, 0.05) is 30.3 Å². The van der Waals surface area contributed by atoms with E-state index in [4.69, 9.17) is 11.6 Å². The minimum Gasteiger partial charge on any atom is -0.341 e. The first kappa shape index (κ1) is 20.9. The van der Waals surface area contributed by atoms with Crippen molar-refractivity contribution in [1.82, 2.24) is 9.80 Å². The Labute approximate surface area is 183 Å². The van der Waals surface area contributed by atoms with Crippen molar-refractivity contribution in [3.63, 3.8) is 0 Å². The van der Waals surface area contributed by atoms with Crippen molar-refractivity contribution in [2.45, 2.75) is 32.2 Å². The summed E-state index contributed by atoms with van der Waals surface area (Å²) in [7, 11) is 0. The highest BCUT2D eigenvalue weighted by atomic mass is 35.5. The molecule has 2 amide bonds. The Hall–Kier alpha value is -2.37. The van der Waals surface area contributed by atoms with Gasteiger partial charge in [-0.15, -0.1) is 0 Å². The molecule has 0 aromatic heterocycles. The van der Waals surface area contributed by atoms with Gasteiger partial charge in [0.25, 0.3) is 0 Å². The number of likely N-dealkylation sites (tertiary alicyclic amines) is 1. The Kier molecular flexibility index (Phi) is 6.40. The van der Waals surface area contributed by atoms with Crippen molar-refractivity contribution in [3.8, 4) is 0 Å². The zero-order valence-electron chi connectivity index (χ0n) is 17.3. The lowest BCUT2D eigenvalue weighted by atomic mass is 9.90. The summed E-state index contributed by atoms with van der Waals surface area (Å²) in [6.07, 6.45) is 2.91. The molecule has 0 saturated carbocycles. The Morgan fingerprint density at radius 3 is 2.60 bits per heavy atom. The second kappa shape index (κ2) is 9.19. The van der Waals surface area contributed by atoms with Gasteiger partial charge < -0.3 is 10.2 Å². The van der Waals surface area contributed by atoms with Crippen LogP contribution in [0.1, 0.15) is 36.9 Å². The SMILES string of the molecule is CC1CCN(C(=O)C2c3ccccc3CCN2CC(=O)Nc2cccc(Cl)c2)CC1. The highest BCUT2D eigenvalue weighted by Gasteiger charge is 2.37. The van der Waals surface area contributed by atoms with Crippen LogP contribution in [0.25, 0.3) is 0 Å². The molecule has 4 rings (SSSR count). The van der Waals surface area contributed by atoms with E-state index in [1.165, 1.54) is 5.56 Å². The maximum Gasteiger partial charge on any atom is 0.244 e. The number of carbonyl (C=O) groups is 2. The Morgan fingerprint density at radius 1 is 1.07 bits per heavy atom. The lowest BCUT2D eigenvalue weighted by molar-refractivity contribution is -0.139. The van der Waals surface area contributed by atoms with Crippen LogP contribution in [-0.2, 0) is 16.0 Å². The van der Waals surface area contributed by atoms with Gasteiger partial charge in [-0.1, -0.05) is 48.9 Å². The van der Waals surface area contributed by atoms with Gasteiger partial charge in [0.05, 0.1) is 6.54 Å². The average Bonchev–Trinajstić information content (AvgIpc) is 2.73. The number of fused-ring (bicyclic) bond motifs is 1. The van der Waals surface area contributed by atoms with Gasteiger partial charge in [-0.25, -0.2) is 0 Å². The predicted octanol–water partition coefficient (Wildman–Crippen LogP) is 4.14. The average molecular weight is 426 g/mol. The highest BCUT2D eigenvalue weighted by Crippen LogP contribution is 2.32. The zero-order chi connectivity index (χ0) is 21.1. The van der Waals surface area contributed by atoms with E-state index >= 15 is 0 Å². The minimum atomic E-state index is -0.409. The topological polar surface area (TPSA) is 52.7 Å². The molecule has 1 atom stereocenters. The molecule has 2 heterocycles. The van der Waals surface area contributed by atoms with E-state index in [-0.39, 0.29) is 18.4 Å². The maximum atomic E-state index is 13.6. The van der Waals surface area contributed by atoms with E-state index in [0.717, 1.165) is 37.9 Å². The first-order valence-electron chi connectivity index (χ1n) is 10.7. The lowest BCUT2D eigenvalue weighted by Crippen LogP contribution is -2.50. The number of anilines is 1. The zero-order valence-corrected chi connectivity index (χ0v) is 18.1. The summed E-state index contributed by atoms with van der Waals surface area (Å²) in [4.78, 5) is 30.3. The molecule has 158 valence electrons. The molecule has 1 fully saturated rings. The van der Waals surface area contributed by atoms with E-state index in [0.29, 0.717) is 23.2 Å². The van der Waals surface area contributed by atoms with Crippen LogP contribution in [0.4, 0.5) is 5.69 Å². The Bertz CT molecular complexity index is 924. The highest BCUT2D eigenvalue weighted by molar-refractivity contribution is 6.30. The van der Waals surface area contributed by atoms with Crippen LogP contribution in [0.5, 0.6) is 0 Å². The van der Waals surface area contributed by atoms with Gasteiger partial charge in [-0.2, -0.15) is 0 Å². The van der Waals surface area contributed by atoms with Crippen molar-refractivity contribution in [1.29, 1.82) is 0 Å². The summed E-state index contributed by atoms with van der Waals surface area (Å²) in [5.74, 6) is 0.638.